The molecule has 1 N–H and O–H groups in total. The fourth-order valence-corrected chi connectivity index (χ4v) is 3.24. The van der Waals surface area contributed by atoms with Crippen molar-refractivity contribution in [1.29, 1.82) is 0 Å². The van der Waals surface area contributed by atoms with Gasteiger partial charge in [0.1, 0.15) is 13.2 Å². The second-order valence-electron chi connectivity index (χ2n) is 6.39. The molecule has 7 heteroatoms. The Morgan fingerprint density at radius 1 is 1.38 bits per heavy atom. The average molecular weight is 336 g/mol. The minimum absolute atomic E-state index is 0.0746. The van der Waals surface area contributed by atoms with E-state index in [1.807, 2.05) is 24.8 Å². The third-order valence-corrected chi connectivity index (χ3v) is 4.41. The van der Waals surface area contributed by atoms with E-state index in [0.29, 0.717) is 6.54 Å². The molecule has 24 heavy (non-hydrogen) atoms. The third kappa shape index (κ3) is 5.06. The number of hydrogen-bond acceptors (Lipinski definition) is 4. The number of carbonyl (C=O) groups excluding carboxylic acids is 2. The SMILES string of the molecule is COCC(=O)NCCC1CCCCN1C(=O)Cn1nc(C)cc1C. The van der Waals surface area contributed by atoms with Crippen molar-refractivity contribution in [2.24, 2.45) is 0 Å². The Balaban J connectivity index is 1.89. The molecular weight excluding hydrogens is 308 g/mol. The van der Waals surface area contributed by atoms with E-state index in [0.717, 1.165) is 43.6 Å². The van der Waals surface area contributed by atoms with Gasteiger partial charge in [0.05, 0.1) is 5.69 Å². The monoisotopic (exact) mass is 336 g/mol. The van der Waals surface area contributed by atoms with Gasteiger partial charge in [-0.1, -0.05) is 0 Å². The molecule has 2 heterocycles. The zero-order chi connectivity index (χ0) is 17.5. The first-order valence-electron chi connectivity index (χ1n) is 8.57. The Morgan fingerprint density at radius 3 is 2.83 bits per heavy atom. The first kappa shape index (κ1) is 18.4. The molecule has 7 nitrogen and oxygen atoms in total. The molecule has 0 aromatic carbocycles. The molecule has 2 rings (SSSR count). The molecule has 1 aromatic heterocycles. The van der Waals surface area contributed by atoms with Crippen LogP contribution in [0.4, 0.5) is 0 Å². The Bertz CT molecular complexity index is 570. The Morgan fingerprint density at radius 2 is 2.17 bits per heavy atom. The van der Waals surface area contributed by atoms with Crippen molar-refractivity contribution in [2.75, 3.05) is 26.8 Å². The number of amides is 2. The van der Waals surface area contributed by atoms with Crippen molar-refractivity contribution in [1.82, 2.24) is 20.0 Å². The lowest BCUT2D eigenvalue weighted by Crippen LogP contribution is -2.46. The lowest BCUT2D eigenvalue weighted by atomic mass is 9.99. The fourth-order valence-electron chi connectivity index (χ4n) is 3.24. The number of nitrogens with zero attached hydrogens (tertiary/aromatic N) is 3. The molecule has 1 fully saturated rings. The highest BCUT2D eigenvalue weighted by Gasteiger charge is 2.26. The highest BCUT2D eigenvalue weighted by molar-refractivity contribution is 5.77. The second-order valence-corrected chi connectivity index (χ2v) is 6.39. The molecule has 2 amide bonds. The lowest BCUT2D eigenvalue weighted by Gasteiger charge is -2.36. The molecule has 0 spiro atoms. The van der Waals surface area contributed by atoms with E-state index in [2.05, 4.69) is 10.4 Å². The van der Waals surface area contributed by atoms with Gasteiger partial charge in [-0.05, 0) is 45.6 Å². The van der Waals surface area contributed by atoms with Crippen LogP contribution in [0, 0.1) is 13.8 Å². The fraction of sp³-hybridized carbons (Fsp3) is 0.706. The van der Waals surface area contributed by atoms with Crippen LogP contribution in [0.15, 0.2) is 6.07 Å². The highest BCUT2D eigenvalue weighted by atomic mass is 16.5. The molecule has 0 radical (unpaired) electrons. The van der Waals surface area contributed by atoms with Crippen LogP contribution in [-0.4, -0.2) is 59.3 Å². The number of hydrogen-bond donors (Lipinski definition) is 1. The quantitative estimate of drug-likeness (QED) is 0.807. The molecule has 0 bridgehead atoms. The van der Waals surface area contributed by atoms with Crippen molar-refractivity contribution in [3.05, 3.63) is 17.5 Å². The summed E-state index contributed by atoms with van der Waals surface area (Å²) in [5, 5.41) is 7.21. The van der Waals surface area contributed by atoms with E-state index in [9.17, 15) is 9.59 Å². The Kier molecular flexibility index (Phi) is 6.78. The van der Waals surface area contributed by atoms with Gasteiger partial charge in [0.25, 0.3) is 0 Å². The van der Waals surface area contributed by atoms with Gasteiger partial charge >= 0.3 is 0 Å². The third-order valence-electron chi connectivity index (χ3n) is 4.41. The minimum atomic E-state index is -0.117. The molecule has 1 aliphatic heterocycles. The Labute approximate surface area is 143 Å². The second kappa shape index (κ2) is 8.82. The smallest absolute Gasteiger partial charge is 0.245 e. The molecule has 1 aliphatic rings. The van der Waals surface area contributed by atoms with E-state index in [1.165, 1.54) is 7.11 Å². The summed E-state index contributed by atoms with van der Waals surface area (Å²) in [5.74, 6) is -0.0112. The van der Waals surface area contributed by atoms with Crippen LogP contribution < -0.4 is 5.32 Å². The first-order valence-corrected chi connectivity index (χ1v) is 8.57. The van der Waals surface area contributed by atoms with Crippen LogP contribution in [0.5, 0.6) is 0 Å². The minimum Gasteiger partial charge on any atom is -0.375 e. The maximum absolute atomic E-state index is 12.7. The van der Waals surface area contributed by atoms with Crippen LogP contribution in [-0.2, 0) is 20.9 Å². The first-order chi connectivity index (χ1) is 11.5. The highest BCUT2D eigenvalue weighted by Crippen LogP contribution is 2.20. The number of piperidine rings is 1. The standard InChI is InChI=1S/C17H28N4O3/c1-13-10-14(2)21(19-13)11-17(23)20-9-5-4-6-15(20)7-8-18-16(22)12-24-3/h10,15H,4-9,11-12H2,1-3H3,(H,18,22). The van der Waals surface area contributed by atoms with E-state index in [4.69, 9.17) is 4.74 Å². The topological polar surface area (TPSA) is 76.5 Å². The number of likely N-dealkylation sites (tertiary alicyclic amines) is 1. The van der Waals surface area contributed by atoms with Crippen LogP contribution in [0.2, 0.25) is 0 Å². The molecule has 1 atom stereocenters. The van der Waals surface area contributed by atoms with E-state index in [-0.39, 0.29) is 31.0 Å². The van der Waals surface area contributed by atoms with Gasteiger partial charge in [-0.25, -0.2) is 0 Å². The Hall–Kier alpha value is -1.89. The summed E-state index contributed by atoms with van der Waals surface area (Å²) in [6.45, 7) is 5.61. The van der Waals surface area contributed by atoms with Crippen molar-refractivity contribution < 1.29 is 14.3 Å². The van der Waals surface area contributed by atoms with Crippen LogP contribution >= 0.6 is 0 Å². The van der Waals surface area contributed by atoms with Gasteiger partial charge in [0, 0.05) is 31.9 Å². The lowest BCUT2D eigenvalue weighted by molar-refractivity contribution is -0.135. The number of aromatic nitrogens is 2. The van der Waals surface area contributed by atoms with Crippen LogP contribution in [0.3, 0.4) is 0 Å². The largest absolute Gasteiger partial charge is 0.375 e. The van der Waals surface area contributed by atoms with Gasteiger partial charge in [0.15, 0.2) is 0 Å². The number of aryl methyl sites for hydroxylation is 2. The number of nitrogens with one attached hydrogen (secondary N) is 1. The summed E-state index contributed by atoms with van der Waals surface area (Å²) in [4.78, 5) is 26.1. The van der Waals surface area contributed by atoms with Gasteiger partial charge in [-0.2, -0.15) is 5.10 Å². The van der Waals surface area contributed by atoms with Crippen molar-refractivity contribution >= 4 is 11.8 Å². The zero-order valence-corrected chi connectivity index (χ0v) is 14.9. The van der Waals surface area contributed by atoms with Gasteiger partial charge in [-0.15, -0.1) is 0 Å². The van der Waals surface area contributed by atoms with Crippen molar-refractivity contribution in [2.45, 2.75) is 52.1 Å². The van der Waals surface area contributed by atoms with E-state index >= 15 is 0 Å². The summed E-state index contributed by atoms with van der Waals surface area (Å²) in [5.41, 5.74) is 1.93. The van der Waals surface area contributed by atoms with Crippen LogP contribution in [0.25, 0.3) is 0 Å². The van der Waals surface area contributed by atoms with Gasteiger partial charge in [0.2, 0.25) is 11.8 Å². The summed E-state index contributed by atoms with van der Waals surface area (Å²) in [6.07, 6.45) is 3.93. The zero-order valence-electron chi connectivity index (χ0n) is 14.9. The maximum Gasteiger partial charge on any atom is 0.245 e. The normalized spacial score (nSPS) is 17.8. The molecule has 1 unspecified atom stereocenters. The molecule has 0 saturated carbocycles. The van der Waals surface area contributed by atoms with E-state index < -0.39 is 0 Å². The maximum atomic E-state index is 12.7. The van der Waals surface area contributed by atoms with Crippen LogP contribution in [0.1, 0.15) is 37.1 Å². The summed E-state index contributed by atoms with van der Waals surface area (Å²) < 4.78 is 6.57. The summed E-state index contributed by atoms with van der Waals surface area (Å²) >= 11 is 0. The summed E-state index contributed by atoms with van der Waals surface area (Å²) in [7, 11) is 1.50. The molecule has 134 valence electrons. The number of ether oxygens (including phenoxy) is 1. The molecular formula is C17H28N4O3. The van der Waals surface area contributed by atoms with Crippen molar-refractivity contribution in [3.8, 4) is 0 Å². The number of rotatable bonds is 7. The molecule has 1 aromatic rings. The van der Waals surface area contributed by atoms with Crippen molar-refractivity contribution in [3.63, 3.8) is 0 Å². The van der Waals surface area contributed by atoms with E-state index in [1.54, 1.807) is 4.68 Å². The summed E-state index contributed by atoms with van der Waals surface area (Å²) in [6, 6.07) is 2.16. The van der Waals surface area contributed by atoms with Gasteiger partial charge < -0.3 is 15.0 Å². The molecule has 1 saturated heterocycles. The molecule has 0 aliphatic carbocycles. The predicted octanol–water partition coefficient (Wildman–Crippen LogP) is 1.03. The van der Waals surface area contributed by atoms with Gasteiger partial charge in [-0.3, -0.25) is 14.3 Å². The number of methoxy groups -OCH3 is 1. The number of carbonyl (C=O) groups is 2. The predicted molar refractivity (Wildman–Crippen MR) is 90.6 cm³/mol. The average Bonchev–Trinajstić information content (AvgIpc) is 2.85.